The molecule has 4 fully saturated rings. The second-order valence-corrected chi connectivity index (χ2v) is 9.60. The van der Waals surface area contributed by atoms with Gasteiger partial charge in [-0.3, -0.25) is 9.36 Å². The fourth-order valence-corrected chi connectivity index (χ4v) is 6.20. The molecule has 0 aromatic carbocycles. The number of nitrogens with zero attached hydrogens (tertiary/aromatic N) is 3. The van der Waals surface area contributed by atoms with E-state index in [1.807, 2.05) is 22.9 Å². The first-order chi connectivity index (χ1) is 15.1. The Balaban J connectivity index is 1.02. The molecule has 164 valence electrons. The zero-order chi connectivity index (χ0) is 21.3. The third-order valence-corrected chi connectivity index (χ3v) is 7.12. The van der Waals surface area contributed by atoms with Crippen LogP contribution in [0.15, 0.2) is 37.1 Å². The molecule has 3 N–H and O–H groups in total. The van der Waals surface area contributed by atoms with Gasteiger partial charge in [0.05, 0.1) is 0 Å². The summed E-state index contributed by atoms with van der Waals surface area (Å²) >= 11 is 0. The Hall–Kier alpha value is -2.90. The van der Waals surface area contributed by atoms with E-state index in [2.05, 4.69) is 25.9 Å². The van der Waals surface area contributed by atoms with Crippen molar-refractivity contribution in [2.45, 2.75) is 57.0 Å². The molecule has 0 saturated heterocycles. The SMILES string of the molecule is O=C(CCNC(=O)NC12CC3CC(CC(C3)C1)C2)NCc1ccc(-n2ccnc2)nc1. The fraction of sp³-hybridized carbons (Fsp3) is 0.565. The maximum atomic E-state index is 12.4. The Morgan fingerprint density at radius 2 is 1.81 bits per heavy atom. The first-order valence-corrected chi connectivity index (χ1v) is 11.3. The van der Waals surface area contributed by atoms with Crippen LogP contribution in [-0.2, 0) is 11.3 Å². The van der Waals surface area contributed by atoms with Crippen molar-refractivity contribution in [2.75, 3.05) is 6.54 Å². The molecule has 4 aliphatic carbocycles. The van der Waals surface area contributed by atoms with Crippen molar-refractivity contribution >= 4 is 11.9 Å². The number of hydrogen-bond donors (Lipinski definition) is 3. The molecular weight excluding hydrogens is 392 g/mol. The standard InChI is InChI=1S/C23H30N6O2/c30-21(27-14-16-1-2-20(26-13-16)29-6-5-24-15-29)3-4-25-22(31)28-23-10-17-7-18(11-23)9-19(8-17)12-23/h1-2,5-6,13,15,17-19H,3-4,7-12,14H2,(H,27,30)(H2,25,28,31). The van der Waals surface area contributed by atoms with Crippen LogP contribution in [0.1, 0.15) is 50.5 Å². The van der Waals surface area contributed by atoms with E-state index in [0.717, 1.165) is 48.4 Å². The normalized spacial score (nSPS) is 28.3. The minimum absolute atomic E-state index is 0.00301. The molecule has 8 nitrogen and oxygen atoms in total. The topological polar surface area (TPSA) is 101 Å². The molecule has 6 rings (SSSR count). The summed E-state index contributed by atoms with van der Waals surface area (Å²) in [4.78, 5) is 33.0. The number of hydrogen-bond acceptors (Lipinski definition) is 4. The molecule has 2 aromatic heterocycles. The molecule has 3 amide bonds. The van der Waals surface area contributed by atoms with Crippen LogP contribution in [-0.4, -0.2) is 38.6 Å². The summed E-state index contributed by atoms with van der Waals surface area (Å²) in [7, 11) is 0. The van der Waals surface area contributed by atoms with E-state index in [4.69, 9.17) is 0 Å². The number of carbonyl (C=O) groups excluding carboxylic acids is 2. The quantitative estimate of drug-likeness (QED) is 0.638. The molecule has 2 aromatic rings. The Labute approximate surface area is 182 Å². The number of carbonyl (C=O) groups is 2. The van der Waals surface area contributed by atoms with Gasteiger partial charge in [-0.25, -0.2) is 14.8 Å². The molecule has 4 aliphatic rings. The van der Waals surface area contributed by atoms with Gasteiger partial charge in [-0.1, -0.05) is 6.07 Å². The number of aromatic nitrogens is 3. The van der Waals surface area contributed by atoms with Crippen molar-refractivity contribution in [1.29, 1.82) is 0 Å². The highest BCUT2D eigenvalue weighted by molar-refractivity contribution is 5.78. The van der Waals surface area contributed by atoms with E-state index in [0.29, 0.717) is 13.1 Å². The summed E-state index contributed by atoms with van der Waals surface area (Å²) in [5.41, 5.74) is 0.918. The molecule has 0 radical (unpaired) electrons. The molecule has 0 spiro atoms. The van der Waals surface area contributed by atoms with E-state index >= 15 is 0 Å². The predicted octanol–water partition coefficient (Wildman–Crippen LogP) is 2.54. The summed E-state index contributed by atoms with van der Waals surface area (Å²) in [5, 5.41) is 9.04. The van der Waals surface area contributed by atoms with Crippen LogP contribution in [0.2, 0.25) is 0 Å². The lowest BCUT2D eigenvalue weighted by Gasteiger charge is -2.56. The minimum atomic E-state index is -0.131. The molecule has 2 heterocycles. The summed E-state index contributed by atoms with van der Waals surface area (Å²) in [6.07, 6.45) is 14.7. The van der Waals surface area contributed by atoms with Gasteiger partial charge in [-0.2, -0.15) is 0 Å². The van der Waals surface area contributed by atoms with Gasteiger partial charge in [-0.15, -0.1) is 0 Å². The molecule has 8 heteroatoms. The molecular formula is C23H30N6O2. The molecule has 0 atom stereocenters. The molecule has 0 aliphatic heterocycles. The lowest BCUT2D eigenvalue weighted by Crippen LogP contribution is -2.61. The van der Waals surface area contributed by atoms with Gasteiger partial charge in [0, 0.05) is 43.6 Å². The molecule has 4 saturated carbocycles. The van der Waals surface area contributed by atoms with Crippen molar-refractivity contribution in [1.82, 2.24) is 30.5 Å². The maximum absolute atomic E-state index is 12.4. The third-order valence-electron chi connectivity index (χ3n) is 7.12. The number of imidazole rings is 1. The molecule has 4 bridgehead atoms. The average Bonchev–Trinajstić information content (AvgIpc) is 3.26. The largest absolute Gasteiger partial charge is 0.352 e. The summed E-state index contributed by atoms with van der Waals surface area (Å²) in [6, 6.07) is 3.69. The van der Waals surface area contributed by atoms with Crippen LogP contribution >= 0.6 is 0 Å². The second kappa shape index (κ2) is 8.32. The van der Waals surface area contributed by atoms with Crippen LogP contribution in [0.4, 0.5) is 4.79 Å². The van der Waals surface area contributed by atoms with Crippen molar-refractivity contribution in [3.05, 3.63) is 42.6 Å². The average molecular weight is 423 g/mol. The second-order valence-electron chi connectivity index (χ2n) is 9.60. The van der Waals surface area contributed by atoms with Crippen LogP contribution in [0.3, 0.4) is 0 Å². The van der Waals surface area contributed by atoms with Crippen LogP contribution in [0.25, 0.3) is 5.82 Å². The summed E-state index contributed by atoms with van der Waals surface area (Å²) in [5.74, 6) is 3.07. The van der Waals surface area contributed by atoms with E-state index in [9.17, 15) is 9.59 Å². The number of nitrogens with one attached hydrogen (secondary N) is 3. The van der Waals surface area contributed by atoms with Gasteiger partial charge < -0.3 is 16.0 Å². The highest BCUT2D eigenvalue weighted by Crippen LogP contribution is 2.55. The zero-order valence-corrected chi connectivity index (χ0v) is 17.7. The lowest BCUT2D eigenvalue weighted by atomic mass is 9.53. The first-order valence-electron chi connectivity index (χ1n) is 11.3. The Bertz CT molecular complexity index is 889. The van der Waals surface area contributed by atoms with E-state index in [-0.39, 0.29) is 23.9 Å². The molecule has 31 heavy (non-hydrogen) atoms. The Morgan fingerprint density at radius 3 is 2.42 bits per heavy atom. The van der Waals surface area contributed by atoms with Gasteiger partial charge in [0.25, 0.3) is 0 Å². The third kappa shape index (κ3) is 4.57. The van der Waals surface area contributed by atoms with Gasteiger partial charge in [-0.05, 0) is 67.9 Å². The van der Waals surface area contributed by atoms with Crippen molar-refractivity contribution in [2.24, 2.45) is 17.8 Å². The Kier molecular flexibility index (Phi) is 5.38. The lowest BCUT2D eigenvalue weighted by molar-refractivity contribution is -0.121. The van der Waals surface area contributed by atoms with Gasteiger partial charge >= 0.3 is 6.03 Å². The van der Waals surface area contributed by atoms with E-state index < -0.39 is 0 Å². The maximum Gasteiger partial charge on any atom is 0.315 e. The highest BCUT2D eigenvalue weighted by Gasteiger charge is 2.51. The fourth-order valence-electron chi connectivity index (χ4n) is 6.20. The van der Waals surface area contributed by atoms with Crippen molar-refractivity contribution in [3.8, 4) is 5.82 Å². The first kappa shape index (κ1) is 20.0. The van der Waals surface area contributed by atoms with Crippen LogP contribution in [0.5, 0.6) is 0 Å². The predicted molar refractivity (Wildman–Crippen MR) is 115 cm³/mol. The van der Waals surface area contributed by atoms with Crippen LogP contribution < -0.4 is 16.0 Å². The number of rotatable bonds is 7. The van der Waals surface area contributed by atoms with Crippen molar-refractivity contribution in [3.63, 3.8) is 0 Å². The number of amides is 3. The highest BCUT2D eigenvalue weighted by atomic mass is 16.2. The van der Waals surface area contributed by atoms with E-state index in [1.165, 1.54) is 19.3 Å². The summed E-state index contributed by atoms with van der Waals surface area (Å²) in [6.45, 7) is 0.747. The monoisotopic (exact) mass is 422 g/mol. The van der Waals surface area contributed by atoms with E-state index in [1.54, 1.807) is 18.7 Å². The Morgan fingerprint density at radius 1 is 1.06 bits per heavy atom. The van der Waals surface area contributed by atoms with Gasteiger partial charge in [0.15, 0.2) is 0 Å². The minimum Gasteiger partial charge on any atom is -0.352 e. The van der Waals surface area contributed by atoms with Gasteiger partial charge in [0.1, 0.15) is 12.1 Å². The molecule has 0 unspecified atom stereocenters. The summed E-state index contributed by atoms with van der Waals surface area (Å²) < 4.78 is 1.82. The van der Waals surface area contributed by atoms with Crippen molar-refractivity contribution < 1.29 is 9.59 Å². The zero-order valence-electron chi connectivity index (χ0n) is 17.7. The number of urea groups is 1. The van der Waals surface area contributed by atoms with Gasteiger partial charge in [0.2, 0.25) is 5.91 Å². The smallest absolute Gasteiger partial charge is 0.315 e. The van der Waals surface area contributed by atoms with Crippen LogP contribution in [0, 0.1) is 17.8 Å². The number of pyridine rings is 1.